The predicted molar refractivity (Wildman–Crippen MR) is 61.6 cm³/mol. The lowest BCUT2D eigenvalue weighted by Gasteiger charge is -2.04. The SMILES string of the molecule is CCCCC(=O)Oc1cccc(C(C)=O)c1. The van der Waals surface area contributed by atoms with Crippen LogP contribution in [0.25, 0.3) is 0 Å². The Morgan fingerprint density at radius 3 is 2.69 bits per heavy atom. The molecule has 0 atom stereocenters. The smallest absolute Gasteiger partial charge is 0.311 e. The van der Waals surface area contributed by atoms with E-state index in [1.165, 1.54) is 6.92 Å². The van der Waals surface area contributed by atoms with Gasteiger partial charge in [-0.25, -0.2) is 0 Å². The largest absolute Gasteiger partial charge is 0.427 e. The van der Waals surface area contributed by atoms with Crippen molar-refractivity contribution in [2.75, 3.05) is 0 Å². The second kappa shape index (κ2) is 6.05. The fourth-order valence-corrected chi connectivity index (χ4v) is 1.28. The molecule has 0 heterocycles. The molecule has 3 heteroatoms. The van der Waals surface area contributed by atoms with Gasteiger partial charge in [0.2, 0.25) is 0 Å². The lowest BCUT2D eigenvalue weighted by Crippen LogP contribution is -2.07. The first-order valence-corrected chi connectivity index (χ1v) is 5.45. The van der Waals surface area contributed by atoms with Crippen molar-refractivity contribution in [2.45, 2.75) is 33.1 Å². The summed E-state index contributed by atoms with van der Waals surface area (Å²) in [4.78, 5) is 22.5. The highest BCUT2D eigenvalue weighted by Crippen LogP contribution is 2.14. The average molecular weight is 220 g/mol. The third-order valence-corrected chi connectivity index (χ3v) is 2.21. The van der Waals surface area contributed by atoms with Crippen LogP contribution in [-0.2, 0) is 4.79 Å². The Morgan fingerprint density at radius 2 is 2.06 bits per heavy atom. The fourth-order valence-electron chi connectivity index (χ4n) is 1.28. The zero-order chi connectivity index (χ0) is 12.0. The van der Waals surface area contributed by atoms with Crippen molar-refractivity contribution in [3.8, 4) is 5.75 Å². The first kappa shape index (κ1) is 12.4. The predicted octanol–water partition coefficient (Wildman–Crippen LogP) is 2.98. The van der Waals surface area contributed by atoms with Crippen LogP contribution in [0.3, 0.4) is 0 Å². The van der Waals surface area contributed by atoms with E-state index >= 15 is 0 Å². The van der Waals surface area contributed by atoms with E-state index in [0.717, 1.165) is 12.8 Å². The summed E-state index contributed by atoms with van der Waals surface area (Å²) in [7, 11) is 0. The highest BCUT2D eigenvalue weighted by Gasteiger charge is 2.06. The first-order chi connectivity index (χ1) is 7.63. The summed E-state index contributed by atoms with van der Waals surface area (Å²) >= 11 is 0. The molecule has 0 aliphatic carbocycles. The molecule has 1 rings (SSSR count). The number of hydrogen-bond acceptors (Lipinski definition) is 3. The molecule has 0 aromatic heterocycles. The Morgan fingerprint density at radius 1 is 1.31 bits per heavy atom. The quantitative estimate of drug-likeness (QED) is 0.435. The Balaban J connectivity index is 2.63. The molecule has 3 nitrogen and oxygen atoms in total. The molecule has 1 aromatic carbocycles. The van der Waals surface area contributed by atoms with E-state index in [1.54, 1.807) is 24.3 Å². The number of esters is 1. The summed E-state index contributed by atoms with van der Waals surface area (Å²) in [6.07, 6.45) is 2.20. The summed E-state index contributed by atoms with van der Waals surface area (Å²) in [6.45, 7) is 3.50. The minimum absolute atomic E-state index is 0.0357. The molecule has 0 radical (unpaired) electrons. The number of rotatable bonds is 5. The van der Waals surface area contributed by atoms with Gasteiger partial charge in [-0.2, -0.15) is 0 Å². The molecular weight excluding hydrogens is 204 g/mol. The van der Waals surface area contributed by atoms with Gasteiger partial charge in [-0.1, -0.05) is 25.5 Å². The number of benzene rings is 1. The summed E-state index contributed by atoms with van der Waals surface area (Å²) in [5.74, 6) is 0.155. The van der Waals surface area contributed by atoms with Gasteiger partial charge in [0.05, 0.1) is 0 Å². The van der Waals surface area contributed by atoms with E-state index < -0.39 is 0 Å². The molecular formula is C13H16O3. The summed E-state index contributed by atoms with van der Waals surface area (Å²) in [5, 5.41) is 0. The molecule has 0 fully saturated rings. The van der Waals surface area contributed by atoms with Crippen LogP contribution in [0.4, 0.5) is 0 Å². The molecule has 0 aliphatic heterocycles. The lowest BCUT2D eigenvalue weighted by atomic mass is 10.1. The molecule has 0 spiro atoms. The van der Waals surface area contributed by atoms with Gasteiger partial charge >= 0.3 is 5.97 Å². The third-order valence-electron chi connectivity index (χ3n) is 2.21. The normalized spacial score (nSPS) is 9.88. The molecule has 0 aliphatic rings. The van der Waals surface area contributed by atoms with Gasteiger partial charge in [-0.3, -0.25) is 9.59 Å². The van der Waals surface area contributed by atoms with E-state index in [4.69, 9.17) is 4.74 Å². The van der Waals surface area contributed by atoms with Crippen molar-refractivity contribution >= 4 is 11.8 Å². The molecule has 0 unspecified atom stereocenters. The Kier molecular flexibility index (Phi) is 4.70. The maximum atomic E-state index is 11.3. The zero-order valence-electron chi connectivity index (χ0n) is 9.66. The lowest BCUT2D eigenvalue weighted by molar-refractivity contribution is -0.134. The highest BCUT2D eigenvalue weighted by atomic mass is 16.5. The third kappa shape index (κ3) is 3.85. The van der Waals surface area contributed by atoms with Crippen molar-refractivity contribution in [3.63, 3.8) is 0 Å². The van der Waals surface area contributed by atoms with Gasteiger partial charge in [0.15, 0.2) is 5.78 Å². The van der Waals surface area contributed by atoms with Crippen molar-refractivity contribution in [2.24, 2.45) is 0 Å². The van der Waals surface area contributed by atoms with Gasteiger partial charge < -0.3 is 4.74 Å². The van der Waals surface area contributed by atoms with Crippen LogP contribution in [0.15, 0.2) is 24.3 Å². The van der Waals surface area contributed by atoms with Crippen molar-refractivity contribution in [1.82, 2.24) is 0 Å². The van der Waals surface area contributed by atoms with Gasteiger partial charge in [-0.05, 0) is 25.5 Å². The minimum atomic E-state index is -0.248. The molecule has 1 aromatic rings. The zero-order valence-corrected chi connectivity index (χ0v) is 9.66. The van der Waals surface area contributed by atoms with Crippen LogP contribution in [0.5, 0.6) is 5.75 Å². The number of Topliss-reactive ketones (excluding diaryl/α,β-unsaturated/α-hetero) is 1. The van der Waals surface area contributed by atoms with Gasteiger partial charge in [0.25, 0.3) is 0 Å². The van der Waals surface area contributed by atoms with Crippen molar-refractivity contribution in [3.05, 3.63) is 29.8 Å². The summed E-state index contributed by atoms with van der Waals surface area (Å²) in [5.41, 5.74) is 0.556. The Hall–Kier alpha value is -1.64. The number of ether oxygens (including phenoxy) is 1. The molecule has 16 heavy (non-hydrogen) atoms. The topological polar surface area (TPSA) is 43.4 Å². The standard InChI is InChI=1S/C13H16O3/c1-3-4-8-13(15)16-12-7-5-6-11(9-12)10(2)14/h5-7,9H,3-4,8H2,1-2H3. The monoisotopic (exact) mass is 220 g/mol. The average Bonchev–Trinajstić information content (AvgIpc) is 2.26. The number of hydrogen-bond donors (Lipinski definition) is 0. The van der Waals surface area contributed by atoms with Crippen LogP contribution in [0, 0.1) is 0 Å². The van der Waals surface area contributed by atoms with Crippen LogP contribution in [-0.4, -0.2) is 11.8 Å². The maximum Gasteiger partial charge on any atom is 0.311 e. The van der Waals surface area contributed by atoms with Gasteiger partial charge in [0.1, 0.15) is 5.75 Å². The van der Waals surface area contributed by atoms with Crippen LogP contribution < -0.4 is 4.74 Å². The summed E-state index contributed by atoms with van der Waals surface area (Å²) < 4.78 is 5.12. The van der Waals surface area contributed by atoms with E-state index in [1.807, 2.05) is 6.92 Å². The van der Waals surface area contributed by atoms with E-state index in [-0.39, 0.29) is 11.8 Å². The molecule has 0 bridgehead atoms. The first-order valence-electron chi connectivity index (χ1n) is 5.45. The van der Waals surface area contributed by atoms with Crippen molar-refractivity contribution < 1.29 is 14.3 Å². The summed E-state index contributed by atoms with van der Waals surface area (Å²) in [6, 6.07) is 6.67. The Bertz CT molecular complexity index is 383. The number of unbranched alkanes of at least 4 members (excludes halogenated alkanes) is 1. The minimum Gasteiger partial charge on any atom is -0.427 e. The van der Waals surface area contributed by atoms with Crippen LogP contribution in [0.1, 0.15) is 43.5 Å². The molecule has 0 saturated heterocycles. The number of carbonyl (C=O) groups is 2. The maximum absolute atomic E-state index is 11.3. The van der Waals surface area contributed by atoms with E-state index in [2.05, 4.69) is 0 Å². The Labute approximate surface area is 95.4 Å². The number of carbonyl (C=O) groups excluding carboxylic acids is 2. The molecule has 86 valence electrons. The van der Waals surface area contributed by atoms with Crippen molar-refractivity contribution in [1.29, 1.82) is 0 Å². The molecule has 0 saturated carbocycles. The second-order valence-electron chi connectivity index (χ2n) is 3.66. The van der Waals surface area contributed by atoms with Crippen LogP contribution in [0.2, 0.25) is 0 Å². The highest BCUT2D eigenvalue weighted by molar-refractivity contribution is 5.94. The molecule has 0 N–H and O–H groups in total. The van der Waals surface area contributed by atoms with E-state index in [9.17, 15) is 9.59 Å². The number of ketones is 1. The van der Waals surface area contributed by atoms with Crippen LogP contribution >= 0.6 is 0 Å². The fraction of sp³-hybridized carbons (Fsp3) is 0.385. The van der Waals surface area contributed by atoms with Gasteiger partial charge in [-0.15, -0.1) is 0 Å². The van der Waals surface area contributed by atoms with Gasteiger partial charge in [0, 0.05) is 12.0 Å². The van der Waals surface area contributed by atoms with E-state index in [0.29, 0.717) is 17.7 Å². The molecule has 0 amide bonds. The second-order valence-corrected chi connectivity index (χ2v) is 3.66.